The van der Waals surface area contributed by atoms with Gasteiger partial charge in [0.1, 0.15) is 6.54 Å². The quantitative estimate of drug-likeness (QED) is 0.795. The molecule has 1 aliphatic rings. The van der Waals surface area contributed by atoms with E-state index in [-0.39, 0.29) is 18.1 Å². The van der Waals surface area contributed by atoms with Crippen molar-refractivity contribution in [3.05, 3.63) is 27.9 Å². The number of aromatic nitrogens is 2. The summed E-state index contributed by atoms with van der Waals surface area (Å²) in [6.45, 7) is 6.89. The van der Waals surface area contributed by atoms with E-state index < -0.39 is 0 Å². The number of amides is 1. The highest BCUT2D eigenvalue weighted by Gasteiger charge is 2.17. The molecule has 0 spiro atoms. The molecule has 104 valence electrons. The molecule has 6 heteroatoms. The van der Waals surface area contributed by atoms with Gasteiger partial charge in [0.05, 0.1) is 0 Å². The molecule has 1 N–H and O–H groups in total. The molecule has 1 saturated heterocycles. The maximum atomic E-state index is 12.2. The molecule has 6 nitrogen and oxygen atoms in total. The Hall–Kier alpha value is -1.69. The second-order valence-corrected chi connectivity index (χ2v) is 4.89. The lowest BCUT2D eigenvalue weighted by molar-refractivity contribution is -0.131. The van der Waals surface area contributed by atoms with Crippen molar-refractivity contribution in [1.82, 2.24) is 19.8 Å². The molecule has 1 fully saturated rings. The SMILES string of the molecule is Cc1cc(C)n(CC(=O)N2CCCNCC2)c(=O)n1. The third kappa shape index (κ3) is 3.41. The Morgan fingerprint density at radius 3 is 2.89 bits per heavy atom. The molecular formula is C13H20N4O2. The Morgan fingerprint density at radius 1 is 1.37 bits per heavy atom. The lowest BCUT2D eigenvalue weighted by atomic mass is 10.3. The van der Waals surface area contributed by atoms with E-state index in [1.165, 1.54) is 4.57 Å². The highest BCUT2D eigenvalue weighted by Crippen LogP contribution is 2.01. The molecule has 0 atom stereocenters. The number of nitrogens with zero attached hydrogens (tertiary/aromatic N) is 3. The van der Waals surface area contributed by atoms with Crippen molar-refractivity contribution in [3.63, 3.8) is 0 Å². The van der Waals surface area contributed by atoms with Crippen LogP contribution in [0.1, 0.15) is 17.8 Å². The normalized spacial score (nSPS) is 16.2. The summed E-state index contributed by atoms with van der Waals surface area (Å²) in [6, 6.07) is 1.82. The minimum Gasteiger partial charge on any atom is -0.340 e. The number of nitrogens with one attached hydrogen (secondary N) is 1. The van der Waals surface area contributed by atoms with Gasteiger partial charge in [-0.1, -0.05) is 0 Å². The van der Waals surface area contributed by atoms with Crippen LogP contribution in [0, 0.1) is 13.8 Å². The highest BCUT2D eigenvalue weighted by atomic mass is 16.2. The number of carbonyl (C=O) groups is 1. The lowest BCUT2D eigenvalue weighted by Gasteiger charge is -2.21. The van der Waals surface area contributed by atoms with Gasteiger partial charge in [-0.2, -0.15) is 4.98 Å². The molecule has 0 saturated carbocycles. The number of hydrogen-bond acceptors (Lipinski definition) is 4. The number of carbonyl (C=O) groups excluding carboxylic acids is 1. The summed E-state index contributed by atoms with van der Waals surface area (Å²) in [6.07, 6.45) is 0.950. The fraction of sp³-hybridized carbons (Fsp3) is 0.615. The number of rotatable bonds is 2. The zero-order valence-electron chi connectivity index (χ0n) is 11.5. The molecule has 1 amide bonds. The van der Waals surface area contributed by atoms with Gasteiger partial charge in [-0.25, -0.2) is 4.79 Å². The fourth-order valence-electron chi connectivity index (χ4n) is 2.30. The molecule has 0 unspecified atom stereocenters. The van der Waals surface area contributed by atoms with Crippen LogP contribution < -0.4 is 11.0 Å². The van der Waals surface area contributed by atoms with Crippen LogP contribution in [-0.2, 0) is 11.3 Å². The summed E-state index contributed by atoms with van der Waals surface area (Å²) in [5, 5.41) is 3.25. The molecule has 1 aliphatic heterocycles. The van der Waals surface area contributed by atoms with Gasteiger partial charge in [0.25, 0.3) is 0 Å². The minimum atomic E-state index is -0.348. The van der Waals surface area contributed by atoms with Gasteiger partial charge in [0, 0.05) is 31.0 Å². The number of hydrogen-bond donors (Lipinski definition) is 1. The Morgan fingerprint density at radius 2 is 2.16 bits per heavy atom. The standard InChI is InChI=1S/C13H20N4O2/c1-10-8-11(2)17(13(19)15-10)9-12(18)16-6-3-4-14-5-7-16/h8,14H,3-7,9H2,1-2H3. The Kier molecular flexibility index (Phi) is 4.31. The summed E-state index contributed by atoms with van der Waals surface area (Å²) in [7, 11) is 0. The minimum absolute atomic E-state index is 0.0143. The van der Waals surface area contributed by atoms with E-state index in [2.05, 4.69) is 10.3 Å². The van der Waals surface area contributed by atoms with E-state index >= 15 is 0 Å². The second-order valence-electron chi connectivity index (χ2n) is 4.89. The first kappa shape index (κ1) is 13.7. The van der Waals surface area contributed by atoms with Gasteiger partial charge < -0.3 is 10.2 Å². The number of aryl methyl sites for hydroxylation is 2. The van der Waals surface area contributed by atoms with Gasteiger partial charge >= 0.3 is 5.69 Å². The predicted octanol–water partition coefficient (Wildman–Crippen LogP) is -0.318. The smallest absolute Gasteiger partial charge is 0.340 e. The molecule has 1 aromatic rings. The Balaban J connectivity index is 2.12. The first-order valence-corrected chi connectivity index (χ1v) is 6.61. The van der Waals surface area contributed by atoms with E-state index in [0.29, 0.717) is 12.2 Å². The summed E-state index contributed by atoms with van der Waals surface area (Å²) < 4.78 is 1.44. The second kappa shape index (κ2) is 5.97. The van der Waals surface area contributed by atoms with E-state index in [9.17, 15) is 9.59 Å². The molecule has 1 aromatic heterocycles. The van der Waals surface area contributed by atoms with Crippen molar-refractivity contribution < 1.29 is 4.79 Å². The van der Waals surface area contributed by atoms with Crippen molar-refractivity contribution in [2.75, 3.05) is 26.2 Å². The monoisotopic (exact) mass is 264 g/mol. The van der Waals surface area contributed by atoms with Crippen LogP contribution in [0.5, 0.6) is 0 Å². The fourth-order valence-corrected chi connectivity index (χ4v) is 2.30. The molecular weight excluding hydrogens is 244 g/mol. The van der Waals surface area contributed by atoms with Crippen LogP contribution in [0.2, 0.25) is 0 Å². The van der Waals surface area contributed by atoms with Crippen LogP contribution in [0.4, 0.5) is 0 Å². The molecule has 2 rings (SSSR count). The average molecular weight is 264 g/mol. The van der Waals surface area contributed by atoms with Crippen molar-refractivity contribution in [1.29, 1.82) is 0 Å². The lowest BCUT2D eigenvalue weighted by Crippen LogP contribution is -2.39. The van der Waals surface area contributed by atoms with Gasteiger partial charge in [0.15, 0.2) is 0 Å². The van der Waals surface area contributed by atoms with Crippen LogP contribution in [0.15, 0.2) is 10.9 Å². The molecule has 0 bridgehead atoms. The van der Waals surface area contributed by atoms with Crippen molar-refractivity contribution in [2.45, 2.75) is 26.8 Å². The van der Waals surface area contributed by atoms with Crippen LogP contribution >= 0.6 is 0 Å². The Bertz CT molecular complexity index is 516. The third-order valence-electron chi connectivity index (χ3n) is 3.33. The maximum absolute atomic E-state index is 12.2. The van der Waals surface area contributed by atoms with Gasteiger partial charge in [0.2, 0.25) is 5.91 Å². The first-order valence-electron chi connectivity index (χ1n) is 6.61. The molecule has 2 heterocycles. The van der Waals surface area contributed by atoms with Gasteiger partial charge in [-0.05, 0) is 32.9 Å². The zero-order valence-corrected chi connectivity index (χ0v) is 11.5. The van der Waals surface area contributed by atoms with Gasteiger partial charge in [-0.3, -0.25) is 9.36 Å². The van der Waals surface area contributed by atoms with Crippen LogP contribution in [0.25, 0.3) is 0 Å². The summed E-state index contributed by atoms with van der Waals surface area (Å²) in [5.41, 5.74) is 1.11. The molecule has 0 radical (unpaired) electrons. The molecule has 0 aliphatic carbocycles. The maximum Gasteiger partial charge on any atom is 0.348 e. The largest absolute Gasteiger partial charge is 0.348 e. The Labute approximate surface area is 112 Å². The molecule has 19 heavy (non-hydrogen) atoms. The predicted molar refractivity (Wildman–Crippen MR) is 72.0 cm³/mol. The van der Waals surface area contributed by atoms with Crippen molar-refractivity contribution in [3.8, 4) is 0 Å². The van der Waals surface area contributed by atoms with Crippen molar-refractivity contribution in [2.24, 2.45) is 0 Å². The summed E-state index contributed by atoms with van der Waals surface area (Å²) in [5.74, 6) is -0.0143. The third-order valence-corrected chi connectivity index (χ3v) is 3.33. The van der Waals surface area contributed by atoms with Crippen LogP contribution in [0.3, 0.4) is 0 Å². The zero-order chi connectivity index (χ0) is 13.8. The van der Waals surface area contributed by atoms with Crippen LogP contribution in [-0.4, -0.2) is 46.5 Å². The van der Waals surface area contributed by atoms with Crippen molar-refractivity contribution >= 4 is 5.91 Å². The summed E-state index contributed by atoms with van der Waals surface area (Å²) in [4.78, 5) is 29.7. The van der Waals surface area contributed by atoms with E-state index in [4.69, 9.17) is 0 Å². The van der Waals surface area contributed by atoms with E-state index in [1.54, 1.807) is 6.92 Å². The topological polar surface area (TPSA) is 67.2 Å². The molecule has 0 aromatic carbocycles. The van der Waals surface area contributed by atoms with Gasteiger partial charge in [-0.15, -0.1) is 0 Å². The summed E-state index contributed by atoms with van der Waals surface area (Å²) >= 11 is 0. The van der Waals surface area contributed by atoms with E-state index in [1.807, 2.05) is 17.9 Å². The van der Waals surface area contributed by atoms with E-state index in [0.717, 1.165) is 31.7 Å². The average Bonchev–Trinajstić information content (AvgIpc) is 2.62. The highest BCUT2D eigenvalue weighted by molar-refractivity contribution is 5.76. The first-order chi connectivity index (χ1) is 9.08.